The molecule has 2 unspecified atom stereocenters. The number of carbonyl (C=O) groups excluding carboxylic acids is 1. The van der Waals surface area contributed by atoms with Gasteiger partial charge in [-0.15, -0.1) is 0 Å². The lowest BCUT2D eigenvalue weighted by atomic mass is 9.71. The van der Waals surface area contributed by atoms with Crippen LogP contribution in [0.5, 0.6) is 0 Å². The summed E-state index contributed by atoms with van der Waals surface area (Å²) in [5.41, 5.74) is 3.80. The van der Waals surface area contributed by atoms with Crippen LogP contribution in [0.2, 0.25) is 0 Å². The smallest absolute Gasteiger partial charge is 0.361 e. The average molecular weight is 646 g/mol. The minimum atomic E-state index is -4.28. The molecule has 2 aromatic carbocycles. The van der Waals surface area contributed by atoms with Gasteiger partial charge in [0.05, 0.1) is 18.0 Å². The number of anilines is 1. The summed E-state index contributed by atoms with van der Waals surface area (Å²) in [6.45, 7) is 9.48. The number of halogens is 3. The third kappa shape index (κ3) is 6.03. The van der Waals surface area contributed by atoms with Gasteiger partial charge in [0.2, 0.25) is 0 Å². The molecular weight excluding hydrogens is 607 g/mol. The van der Waals surface area contributed by atoms with Crippen molar-refractivity contribution in [3.8, 4) is 6.07 Å². The Labute approximate surface area is 271 Å². The van der Waals surface area contributed by atoms with Gasteiger partial charge in [-0.05, 0) is 94.1 Å². The molecule has 7 rings (SSSR count). The van der Waals surface area contributed by atoms with Crippen LogP contribution in [0.15, 0.2) is 42.7 Å². The zero-order valence-electron chi connectivity index (χ0n) is 26.7. The van der Waals surface area contributed by atoms with Crippen molar-refractivity contribution in [3.05, 3.63) is 65.1 Å². The molecule has 3 aliphatic heterocycles. The number of morpholine rings is 1. The summed E-state index contributed by atoms with van der Waals surface area (Å²) in [4.78, 5) is 29.1. The number of aryl methyl sites for hydroxylation is 1. The van der Waals surface area contributed by atoms with E-state index >= 15 is 0 Å². The van der Waals surface area contributed by atoms with Gasteiger partial charge < -0.3 is 19.9 Å². The van der Waals surface area contributed by atoms with Crippen molar-refractivity contribution in [3.63, 3.8) is 0 Å². The number of hydrogen-bond acceptors (Lipinski definition) is 7. The molecule has 3 saturated heterocycles. The number of piperidine rings is 1. The molecule has 5 heterocycles. The molecule has 2 atom stereocenters. The normalized spacial score (nSPS) is 21.9. The number of carbonyl (C=O) groups is 1. The highest BCUT2D eigenvalue weighted by atomic mass is 19.4. The number of hydrogen-bond donors (Lipinski definition) is 2. The van der Waals surface area contributed by atoms with Crippen LogP contribution >= 0.6 is 0 Å². The molecule has 0 bridgehead atoms. The minimum Gasteiger partial charge on any atom is -0.361 e. The summed E-state index contributed by atoms with van der Waals surface area (Å²) in [5, 5.41) is 14.2. The van der Waals surface area contributed by atoms with Gasteiger partial charge in [0, 0.05) is 47.4 Å². The monoisotopic (exact) mass is 645 g/mol. The van der Waals surface area contributed by atoms with Gasteiger partial charge in [0.1, 0.15) is 29.5 Å². The molecule has 0 aliphatic carbocycles. The predicted molar refractivity (Wildman–Crippen MR) is 172 cm³/mol. The number of amides is 1. The molecule has 0 radical (unpaired) electrons. The Bertz CT molecular complexity index is 1880. The minimum absolute atomic E-state index is 0.0435. The Morgan fingerprint density at radius 1 is 1.11 bits per heavy atom. The van der Waals surface area contributed by atoms with E-state index in [1.165, 1.54) is 18.0 Å². The lowest BCUT2D eigenvalue weighted by Gasteiger charge is -2.55. The highest BCUT2D eigenvalue weighted by molar-refractivity contribution is 5.90. The van der Waals surface area contributed by atoms with Crippen LogP contribution < -0.4 is 10.2 Å². The number of nitriles is 1. The number of aromatic nitrogens is 3. The van der Waals surface area contributed by atoms with Crippen LogP contribution in [-0.4, -0.2) is 76.4 Å². The second-order valence-corrected chi connectivity index (χ2v) is 14.0. The first kappa shape index (κ1) is 31.4. The summed E-state index contributed by atoms with van der Waals surface area (Å²) in [7, 11) is 0. The van der Waals surface area contributed by atoms with Crippen LogP contribution in [0.3, 0.4) is 0 Å². The Morgan fingerprint density at radius 2 is 1.87 bits per heavy atom. The Morgan fingerprint density at radius 3 is 2.57 bits per heavy atom. The zero-order chi connectivity index (χ0) is 33.1. The third-order valence-electron chi connectivity index (χ3n) is 10.3. The number of likely N-dealkylation sites (tertiary alicyclic amines) is 1. The Balaban J connectivity index is 1.10. The van der Waals surface area contributed by atoms with E-state index in [1.807, 2.05) is 12.1 Å². The van der Waals surface area contributed by atoms with Gasteiger partial charge in [-0.25, -0.2) is 9.97 Å². The summed E-state index contributed by atoms with van der Waals surface area (Å²) < 4.78 is 45.7. The summed E-state index contributed by atoms with van der Waals surface area (Å²) in [6, 6.07) is 13.1. The van der Waals surface area contributed by atoms with Crippen molar-refractivity contribution in [1.29, 1.82) is 5.26 Å². The number of alkyl halides is 3. The van der Waals surface area contributed by atoms with Crippen LogP contribution in [0.4, 0.5) is 19.0 Å². The molecule has 2 N–H and O–H groups in total. The quantitative estimate of drug-likeness (QED) is 0.276. The first-order valence-corrected chi connectivity index (χ1v) is 16.1. The van der Waals surface area contributed by atoms with E-state index in [0.29, 0.717) is 35.4 Å². The number of nitrogens with zero attached hydrogens (tertiary/aromatic N) is 5. The topological polar surface area (TPSA) is 110 Å². The molecule has 12 heteroatoms. The van der Waals surface area contributed by atoms with Crippen LogP contribution in [-0.2, 0) is 16.0 Å². The summed E-state index contributed by atoms with van der Waals surface area (Å²) in [5.74, 6) is 0.581. The molecule has 3 aliphatic rings. The van der Waals surface area contributed by atoms with Crippen molar-refractivity contribution in [2.24, 2.45) is 5.41 Å². The van der Waals surface area contributed by atoms with E-state index < -0.39 is 18.2 Å². The van der Waals surface area contributed by atoms with Crippen molar-refractivity contribution >= 4 is 33.5 Å². The fraction of sp³-hybridized carbons (Fsp3) is 0.486. The number of ether oxygens (including phenoxy) is 1. The highest BCUT2D eigenvalue weighted by Crippen LogP contribution is 2.46. The molecule has 9 nitrogen and oxygen atoms in total. The number of rotatable bonds is 6. The van der Waals surface area contributed by atoms with Crippen molar-refractivity contribution in [2.75, 3.05) is 37.6 Å². The molecule has 1 spiro atoms. The van der Waals surface area contributed by atoms with Crippen LogP contribution in [0.1, 0.15) is 61.5 Å². The van der Waals surface area contributed by atoms with Gasteiger partial charge in [-0.3, -0.25) is 9.69 Å². The first-order valence-electron chi connectivity index (χ1n) is 16.1. The molecule has 3 fully saturated rings. The third-order valence-corrected chi connectivity index (χ3v) is 10.3. The maximum atomic E-state index is 13.1. The predicted octanol–water partition coefficient (Wildman–Crippen LogP) is 5.72. The van der Waals surface area contributed by atoms with Gasteiger partial charge in [0.15, 0.2) is 0 Å². The zero-order valence-corrected chi connectivity index (χ0v) is 26.7. The SMILES string of the molecule is Cc1c(C(CC2CNC(=O)C(C)(C)O2)N2CCC3(CC2)CN(c2ncnc4ccc(CC(F)(F)F)cc24)C3)ccc2[nH]c(C#N)cc12. The van der Waals surface area contributed by atoms with Gasteiger partial charge >= 0.3 is 6.18 Å². The maximum absolute atomic E-state index is 13.1. The van der Waals surface area contributed by atoms with Crippen molar-refractivity contribution < 1.29 is 22.7 Å². The fourth-order valence-corrected chi connectivity index (χ4v) is 7.79. The maximum Gasteiger partial charge on any atom is 0.393 e. The molecule has 47 heavy (non-hydrogen) atoms. The number of aromatic amines is 1. The van der Waals surface area contributed by atoms with Gasteiger partial charge in [-0.2, -0.15) is 18.4 Å². The van der Waals surface area contributed by atoms with Gasteiger partial charge in [-0.1, -0.05) is 12.1 Å². The number of fused-ring (bicyclic) bond motifs is 2. The van der Waals surface area contributed by atoms with Crippen LogP contribution in [0.25, 0.3) is 21.8 Å². The van der Waals surface area contributed by atoms with E-state index in [9.17, 15) is 23.2 Å². The Kier molecular flexibility index (Phi) is 7.67. The molecule has 4 aromatic rings. The standard InChI is InChI=1S/C35H38F3N7O2/c1-21-25(5-7-29-26(21)13-23(16-39)43-29)30(14-24-17-40-32(46)33(2,3)47-24)44-10-8-34(9-11-44)18-45(19-34)31-27-12-22(15-35(36,37)38)4-6-28(27)41-20-42-31/h4-7,12-13,20,24,30,43H,8-11,14-15,17-19H2,1-3H3,(H,40,46). The number of nitrogens with one attached hydrogen (secondary N) is 2. The molecule has 246 valence electrons. The van der Waals surface area contributed by atoms with E-state index in [-0.39, 0.29) is 29.0 Å². The van der Waals surface area contributed by atoms with Crippen molar-refractivity contribution in [1.82, 2.24) is 25.2 Å². The van der Waals surface area contributed by atoms with E-state index in [1.54, 1.807) is 26.0 Å². The van der Waals surface area contributed by atoms with E-state index in [4.69, 9.17) is 4.74 Å². The lowest BCUT2D eigenvalue weighted by molar-refractivity contribution is -0.162. The second kappa shape index (κ2) is 11.5. The van der Waals surface area contributed by atoms with Crippen molar-refractivity contribution in [2.45, 2.75) is 70.4 Å². The van der Waals surface area contributed by atoms with Crippen LogP contribution in [0, 0.1) is 23.7 Å². The number of H-pyrrole nitrogens is 1. The molecule has 2 aromatic heterocycles. The summed E-state index contributed by atoms with van der Waals surface area (Å²) >= 11 is 0. The van der Waals surface area contributed by atoms with E-state index in [2.05, 4.69) is 49.1 Å². The number of benzene rings is 2. The molecule has 0 saturated carbocycles. The van der Waals surface area contributed by atoms with Gasteiger partial charge in [0.25, 0.3) is 5.91 Å². The largest absolute Gasteiger partial charge is 0.393 e. The first-order chi connectivity index (χ1) is 22.3. The summed E-state index contributed by atoms with van der Waals surface area (Å²) in [6.07, 6.45) is -1.29. The van der Waals surface area contributed by atoms with E-state index in [0.717, 1.165) is 55.5 Å². The lowest BCUT2D eigenvalue weighted by Crippen LogP contribution is -2.61. The molecule has 1 amide bonds. The second-order valence-electron chi connectivity index (χ2n) is 14.0. The fourth-order valence-electron chi connectivity index (χ4n) is 7.79. The average Bonchev–Trinajstić information content (AvgIpc) is 3.44. The molecular formula is C35H38F3N7O2. The Hall–Kier alpha value is -4.21. The highest BCUT2D eigenvalue weighted by Gasteiger charge is 2.47.